The number of aliphatic hydroxyl groups excluding tert-OH is 1. The molecule has 102 valence electrons. The number of aliphatic hydroxyl groups is 1. The maximum absolute atomic E-state index is 11.9. The fraction of sp³-hybridized carbons (Fsp3) is 1.00. The summed E-state index contributed by atoms with van der Waals surface area (Å²) in [4.78, 5) is 0. The maximum atomic E-state index is 11.9. The van der Waals surface area contributed by atoms with Crippen LogP contribution in [0.2, 0.25) is 0 Å². The summed E-state index contributed by atoms with van der Waals surface area (Å²) >= 11 is 0. The molecule has 2 unspecified atom stereocenters. The molecule has 0 aliphatic heterocycles. The van der Waals surface area contributed by atoms with Crippen LogP contribution in [0.4, 0.5) is 0 Å². The predicted octanol–water partition coefficient (Wildman–Crippen LogP) is 0.343. The van der Waals surface area contributed by atoms with Gasteiger partial charge in [0.15, 0.2) is 23.8 Å². The lowest BCUT2D eigenvalue weighted by molar-refractivity contribution is 0.0629. The average molecular weight is 284 g/mol. The summed E-state index contributed by atoms with van der Waals surface area (Å²) in [5.74, 6) is -0.735. The van der Waals surface area contributed by atoms with Gasteiger partial charge in [0, 0.05) is 18.4 Å². The summed E-state index contributed by atoms with van der Waals surface area (Å²) in [6.45, 7) is 1.22. The molecule has 0 saturated heterocycles. The van der Waals surface area contributed by atoms with Crippen LogP contribution >= 0.6 is 0 Å². The van der Waals surface area contributed by atoms with Crippen LogP contribution in [0.15, 0.2) is 0 Å². The molecule has 0 heterocycles. The van der Waals surface area contributed by atoms with Crippen molar-refractivity contribution in [2.24, 2.45) is 5.92 Å². The van der Waals surface area contributed by atoms with Crippen LogP contribution in [0.1, 0.15) is 32.6 Å². The van der Waals surface area contributed by atoms with E-state index in [-0.39, 0.29) is 0 Å². The number of sulfone groups is 2. The Labute approximate surface area is 103 Å². The fourth-order valence-corrected chi connectivity index (χ4v) is 6.40. The second kappa shape index (κ2) is 4.51. The quantitative estimate of drug-likeness (QED) is 0.807. The van der Waals surface area contributed by atoms with Gasteiger partial charge in [-0.3, -0.25) is 0 Å². The third-order valence-corrected chi connectivity index (χ3v) is 9.24. The third kappa shape index (κ3) is 2.51. The normalized spacial score (nSPS) is 28.0. The van der Waals surface area contributed by atoms with Crippen LogP contribution in [-0.4, -0.2) is 44.6 Å². The minimum Gasteiger partial charge on any atom is -0.393 e. The first-order valence-electron chi connectivity index (χ1n) is 5.59. The molecule has 1 rings (SSSR count). The summed E-state index contributed by atoms with van der Waals surface area (Å²) in [6.07, 6.45) is 3.44. The Bertz CT molecular complexity index is 445. The van der Waals surface area contributed by atoms with E-state index in [0.717, 1.165) is 25.4 Å². The van der Waals surface area contributed by atoms with E-state index >= 15 is 0 Å². The van der Waals surface area contributed by atoms with Crippen molar-refractivity contribution in [1.82, 2.24) is 0 Å². The first-order valence-corrected chi connectivity index (χ1v) is 9.37. The van der Waals surface area contributed by atoms with Gasteiger partial charge >= 0.3 is 0 Å². The van der Waals surface area contributed by atoms with Gasteiger partial charge in [-0.15, -0.1) is 0 Å². The van der Waals surface area contributed by atoms with Gasteiger partial charge in [-0.2, -0.15) is 0 Å². The van der Waals surface area contributed by atoms with Crippen molar-refractivity contribution in [2.75, 3.05) is 12.5 Å². The van der Waals surface area contributed by atoms with E-state index in [2.05, 4.69) is 0 Å². The SMILES string of the molecule is CC(C1CCCCC1O)(S(C)(=O)=O)S(C)(=O)=O. The van der Waals surface area contributed by atoms with E-state index in [1.807, 2.05) is 0 Å². The van der Waals surface area contributed by atoms with Crippen molar-refractivity contribution in [3.05, 3.63) is 0 Å². The van der Waals surface area contributed by atoms with E-state index < -0.39 is 35.8 Å². The minimum atomic E-state index is -3.80. The highest BCUT2D eigenvalue weighted by molar-refractivity contribution is 8.09. The van der Waals surface area contributed by atoms with E-state index in [4.69, 9.17) is 0 Å². The molecule has 0 radical (unpaired) electrons. The van der Waals surface area contributed by atoms with Crippen molar-refractivity contribution in [3.63, 3.8) is 0 Å². The monoisotopic (exact) mass is 284 g/mol. The van der Waals surface area contributed by atoms with Gasteiger partial charge < -0.3 is 5.11 Å². The van der Waals surface area contributed by atoms with Crippen LogP contribution < -0.4 is 0 Å². The molecule has 0 bridgehead atoms. The lowest BCUT2D eigenvalue weighted by Crippen LogP contribution is -2.53. The fourth-order valence-electron chi connectivity index (χ4n) is 2.55. The molecular formula is C10H20O5S2. The van der Waals surface area contributed by atoms with Crippen LogP contribution in [0.5, 0.6) is 0 Å². The molecule has 17 heavy (non-hydrogen) atoms. The predicted molar refractivity (Wildman–Crippen MR) is 66.1 cm³/mol. The van der Waals surface area contributed by atoms with Gasteiger partial charge in [0.2, 0.25) is 0 Å². The van der Waals surface area contributed by atoms with Gasteiger partial charge in [0.05, 0.1) is 6.10 Å². The number of rotatable bonds is 3. The Morgan fingerprint density at radius 2 is 1.41 bits per heavy atom. The Hall–Kier alpha value is -0.140. The Kier molecular flexibility index (Phi) is 3.96. The zero-order chi connectivity index (χ0) is 13.5. The van der Waals surface area contributed by atoms with Crippen molar-refractivity contribution in [1.29, 1.82) is 0 Å². The highest BCUT2D eigenvalue weighted by Gasteiger charge is 2.54. The van der Waals surface area contributed by atoms with Crippen LogP contribution in [-0.2, 0) is 19.7 Å². The number of hydrogen-bond acceptors (Lipinski definition) is 5. The molecule has 7 heteroatoms. The first-order chi connectivity index (χ1) is 7.52. The molecule has 1 N–H and O–H groups in total. The van der Waals surface area contributed by atoms with Crippen molar-refractivity contribution < 1.29 is 21.9 Å². The molecule has 0 aromatic heterocycles. The van der Waals surface area contributed by atoms with Crippen LogP contribution in [0.3, 0.4) is 0 Å². The summed E-state index contributed by atoms with van der Waals surface area (Å²) in [7, 11) is -7.61. The van der Waals surface area contributed by atoms with E-state index in [1.165, 1.54) is 6.92 Å². The van der Waals surface area contributed by atoms with E-state index in [1.54, 1.807) is 0 Å². The molecule has 1 saturated carbocycles. The molecule has 0 aromatic carbocycles. The zero-order valence-electron chi connectivity index (χ0n) is 10.4. The summed E-state index contributed by atoms with van der Waals surface area (Å²) in [5.41, 5.74) is 0. The van der Waals surface area contributed by atoms with Crippen molar-refractivity contribution in [3.8, 4) is 0 Å². The minimum absolute atomic E-state index is 0.428. The average Bonchev–Trinajstić information content (AvgIpc) is 2.13. The van der Waals surface area contributed by atoms with Gasteiger partial charge in [0.25, 0.3) is 0 Å². The van der Waals surface area contributed by atoms with Gasteiger partial charge in [-0.1, -0.05) is 12.8 Å². The molecule has 2 atom stereocenters. The highest BCUT2D eigenvalue weighted by atomic mass is 32.3. The lowest BCUT2D eigenvalue weighted by atomic mass is 9.84. The van der Waals surface area contributed by atoms with Crippen molar-refractivity contribution in [2.45, 2.75) is 42.8 Å². The molecule has 1 aliphatic rings. The molecule has 0 aromatic rings. The molecular weight excluding hydrogens is 264 g/mol. The Morgan fingerprint density at radius 1 is 1.00 bits per heavy atom. The topological polar surface area (TPSA) is 88.5 Å². The van der Waals surface area contributed by atoms with Crippen LogP contribution in [0, 0.1) is 5.92 Å². The van der Waals surface area contributed by atoms with E-state index in [0.29, 0.717) is 12.8 Å². The van der Waals surface area contributed by atoms with Gasteiger partial charge in [0.1, 0.15) is 0 Å². The van der Waals surface area contributed by atoms with Gasteiger partial charge in [-0.25, -0.2) is 16.8 Å². The summed E-state index contributed by atoms with van der Waals surface area (Å²) in [6, 6.07) is 0. The molecule has 1 aliphatic carbocycles. The second-order valence-electron chi connectivity index (χ2n) is 5.02. The smallest absolute Gasteiger partial charge is 0.175 e. The maximum Gasteiger partial charge on any atom is 0.175 e. The molecule has 5 nitrogen and oxygen atoms in total. The third-order valence-electron chi connectivity index (χ3n) is 3.88. The first kappa shape index (κ1) is 14.9. The number of hydrogen-bond donors (Lipinski definition) is 1. The van der Waals surface area contributed by atoms with E-state index in [9.17, 15) is 21.9 Å². The Morgan fingerprint density at radius 3 is 1.76 bits per heavy atom. The van der Waals surface area contributed by atoms with Crippen LogP contribution in [0.25, 0.3) is 0 Å². The molecule has 1 fully saturated rings. The summed E-state index contributed by atoms with van der Waals surface area (Å²) in [5, 5.41) is 9.90. The largest absolute Gasteiger partial charge is 0.393 e. The van der Waals surface area contributed by atoms with Crippen molar-refractivity contribution >= 4 is 19.7 Å². The second-order valence-corrected chi connectivity index (χ2v) is 10.1. The van der Waals surface area contributed by atoms with Gasteiger partial charge in [-0.05, 0) is 19.8 Å². The Balaban J connectivity index is 3.35. The standard InChI is InChI=1S/C10H20O5S2/c1-10(16(2,12)13,17(3,14)15)8-6-4-5-7-9(8)11/h8-9,11H,4-7H2,1-3H3. The zero-order valence-corrected chi connectivity index (χ0v) is 12.0. The molecule has 0 amide bonds. The molecule has 0 spiro atoms. The lowest BCUT2D eigenvalue weighted by Gasteiger charge is -2.39. The summed E-state index contributed by atoms with van der Waals surface area (Å²) < 4.78 is 45.5. The highest BCUT2D eigenvalue weighted by Crippen LogP contribution is 2.40.